The molecule has 35 heavy (non-hydrogen) atoms. The van der Waals surface area contributed by atoms with Gasteiger partial charge in [0.1, 0.15) is 6.04 Å². The number of carbonyl (C=O) groups is 1. The SMILES string of the molecule is CC1(C)CC(=O)C2=C(C1)N(C(=S)N=Nc1ccccc1)N(c1ccccc1)C2c1ccc(Cl)cc1. The van der Waals surface area contributed by atoms with Crippen molar-refractivity contribution in [2.45, 2.75) is 32.7 Å². The Morgan fingerprint density at radius 3 is 2.23 bits per heavy atom. The predicted molar refractivity (Wildman–Crippen MR) is 144 cm³/mol. The maximum Gasteiger partial charge on any atom is 0.239 e. The average molecular weight is 501 g/mol. The third-order valence-electron chi connectivity index (χ3n) is 6.28. The maximum absolute atomic E-state index is 13.6. The van der Waals surface area contributed by atoms with Crippen molar-refractivity contribution < 1.29 is 4.79 Å². The first-order chi connectivity index (χ1) is 16.8. The van der Waals surface area contributed by atoms with E-state index < -0.39 is 0 Å². The number of allylic oxidation sites excluding steroid dienone is 1. The lowest BCUT2D eigenvalue weighted by molar-refractivity contribution is -0.118. The van der Waals surface area contributed by atoms with Crippen molar-refractivity contribution in [3.05, 3.63) is 107 Å². The lowest BCUT2D eigenvalue weighted by Crippen LogP contribution is -2.42. The summed E-state index contributed by atoms with van der Waals surface area (Å²) in [6.45, 7) is 4.23. The summed E-state index contributed by atoms with van der Waals surface area (Å²) in [5, 5.41) is 13.7. The van der Waals surface area contributed by atoms with E-state index in [4.69, 9.17) is 23.8 Å². The number of rotatable bonds is 3. The van der Waals surface area contributed by atoms with Gasteiger partial charge in [-0.25, -0.2) is 5.01 Å². The molecule has 0 spiro atoms. The van der Waals surface area contributed by atoms with Crippen LogP contribution in [0.5, 0.6) is 0 Å². The molecule has 5 nitrogen and oxygen atoms in total. The summed E-state index contributed by atoms with van der Waals surface area (Å²) < 4.78 is 0. The van der Waals surface area contributed by atoms with Crippen LogP contribution in [-0.2, 0) is 4.79 Å². The lowest BCUT2D eigenvalue weighted by atomic mass is 9.74. The molecule has 5 rings (SSSR count). The van der Waals surface area contributed by atoms with Crippen molar-refractivity contribution in [1.29, 1.82) is 0 Å². The molecule has 0 fully saturated rings. The molecule has 1 unspecified atom stereocenters. The van der Waals surface area contributed by atoms with Gasteiger partial charge in [0, 0.05) is 17.0 Å². The number of halogens is 1. The number of thiocarbonyl (C=S) groups is 1. The minimum atomic E-state index is -0.349. The van der Waals surface area contributed by atoms with Gasteiger partial charge >= 0.3 is 0 Å². The standard InChI is InChI=1S/C28H25ClN4OS/c1-28(2)17-23-25(24(34)18-28)26(19-13-15-20(29)16-14-19)32(22-11-7-4-8-12-22)33(23)27(35)31-30-21-9-5-3-6-10-21/h3-16,26H,17-18H2,1-2H3. The van der Waals surface area contributed by atoms with E-state index in [0.717, 1.165) is 22.5 Å². The highest BCUT2D eigenvalue weighted by atomic mass is 35.5. The van der Waals surface area contributed by atoms with Crippen LogP contribution in [0, 0.1) is 5.41 Å². The number of Topliss-reactive ketones (excluding diaryl/α,β-unsaturated/α-hetero) is 1. The second kappa shape index (κ2) is 9.36. The summed E-state index contributed by atoms with van der Waals surface area (Å²) in [5.74, 6) is 0.127. The molecular formula is C28H25ClN4OS. The number of hydrazine groups is 1. The molecule has 176 valence electrons. The first-order valence-corrected chi connectivity index (χ1v) is 12.3. The number of carbonyl (C=O) groups excluding carboxylic acids is 1. The van der Waals surface area contributed by atoms with Gasteiger partial charge in [0.05, 0.1) is 17.1 Å². The number of hydrogen-bond acceptors (Lipinski definition) is 4. The first kappa shape index (κ1) is 23.4. The molecule has 7 heteroatoms. The van der Waals surface area contributed by atoms with Crippen LogP contribution in [0.25, 0.3) is 0 Å². The van der Waals surface area contributed by atoms with Gasteiger partial charge in [-0.3, -0.25) is 9.80 Å². The molecule has 3 aromatic rings. The monoisotopic (exact) mass is 500 g/mol. The van der Waals surface area contributed by atoms with Crippen LogP contribution in [0.2, 0.25) is 5.02 Å². The van der Waals surface area contributed by atoms with E-state index in [1.807, 2.05) is 89.9 Å². The van der Waals surface area contributed by atoms with Gasteiger partial charge in [-0.15, -0.1) is 10.2 Å². The number of ketones is 1. The third kappa shape index (κ3) is 4.64. The molecule has 1 heterocycles. The summed E-state index contributed by atoms with van der Waals surface area (Å²) in [7, 11) is 0. The van der Waals surface area contributed by atoms with E-state index in [-0.39, 0.29) is 22.4 Å². The number of azo groups is 1. The van der Waals surface area contributed by atoms with E-state index >= 15 is 0 Å². The van der Waals surface area contributed by atoms with Gasteiger partial charge in [0.15, 0.2) is 5.78 Å². The molecule has 1 atom stereocenters. The zero-order valence-corrected chi connectivity index (χ0v) is 21.1. The maximum atomic E-state index is 13.6. The number of hydrogen-bond donors (Lipinski definition) is 0. The second-order valence-corrected chi connectivity index (χ2v) is 10.4. The quantitative estimate of drug-likeness (QED) is 0.271. The van der Waals surface area contributed by atoms with Crippen molar-refractivity contribution in [2.75, 3.05) is 5.01 Å². The fourth-order valence-electron chi connectivity index (χ4n) is 4.81. The van der Waals surface area contributed by atoms with Crippen LogP contribution < -0.4 is 5.01 Å². The van der Waals surface area contributed by atoms with Gasteiger partial charge in [0.2, 0.25) is 5.11 Å². The zero-order valence-electron chi connectivity index (χ0n) is 19.6. The predicted octanol–water partition coefficient (Wildman–Crippen LogP) is 7.83. The fraction of sp³-hybridized carbons (Fsp3) is 0.214. The fourth-order valence-corrected chi connectivity index (χ4v) is 5.18. The molecule has 2 aliphatic rings. The molecule has 0 amide bonds. The molecule has 1 aliphatic carbocycles. The van der Waals surface area contributed by atoms with Crippen LogP contribution in [0.15, 0.2) is 106 Å². The number of benzene rings is 3. The van der Waals surface area contributed by atoms with Crippen LogP contribution in [0.1, 0.15) is 38.3 Å². The number of anilines is 1. The van der Waals surface area contributed by atoms with Crippen molar-refractivity contribution in [3.63, 3.8) is 0 Å². The summed E-state index contributed by atoms with van der Waals surface area (Å²) in [5.41, 5.74) is 4.02. The zero-order chi connectivity index (χ0) is 24.6. The largest absolute Gasteiger partial charge is 0.294 e. The first-order valence-electron chi connectivity index (χ1n) is 11.5. The second-order valence-electron chi connectivity index (χ2n) is 9.57. The van der Waals surface area contributed by atoms with E-state index in [9.17, 15) is 4.79 Å². The van der Waals surface area contributed by atoms with Crippen molar-refractivity contribution in [1.82, 2.24) is 5.01 Å². The van der Waals surface area contributed by atoms with E-state index in [1.165, 1.54) is 0 Å². The summed E-state index contributed by atoms with van der Waals surface area (Å²) in [6.07, 6.45) is 1.17. The Kier molecular flexibility index (Phi) is 6.26. The highest BCUT2D eigenvalue weighted by Gasteiger charge is 2.49. The number of nitrogens with zero attached hydrogens (tertiary/aromatic N) is 4. The highest BCUT2D eigenvalue weighted by Crippen LogP contribution is 2.51. The molecule has 0 aromatic heterocycles. The average Bonchev–Trinajstić information content (AvgIpc) is 3.18. The molecule has 1 aliphatic heterocycles. The van der Waals surface area contributed by atoms with Gasteiger partial charge in [-0.1, -0.05) is 74.0 Å². The number of para-hydroxylation sites is 1. The molecule has 3 aromatic carbocycles. The van der Waals surface area contributed by atoms with Crippen molar-refractivity contribution in [3.8, 4) is 0 Å². The van der Waals surface area contributed by atoms with Crippen molar-refractivity contribution in [2.24, 2.45) is 15.6 Å². The van der Waals surface area contributed by atoms with Crippen LogP contribution >= 0.6 is 23.8 Å². The minimum absolute atomic E-state index is 0.127. The van der Waals surface area contributed by atoms with Crippen molar-refractivity contribution >= 4 is 46.1 Å². The summed E-state index contributed by atoms with van der Waals surface area (Å²) >= 11 is 12.1. The van der Waals surface area contributed by atoms with Crippen LogP contribution in [0.4, 0.5) is 11.4 Å². The Hall–Kier alpha value is -3.35. The van der Waals surface area contributed by atoms with Gasteiger partial charge in [-0.05, 0) is 66.0 Å². The minimum Gasteiger partial charge on any atom is -0.294 e. The normalized spacial score (nSPS) is 19.4. The van der Waals surface area contributed by atoms with Gasteiger partial charge in [0.25, 0.3) is 0 Å². The topological polar surface area (TPSA) is 48.3 Å². The third-order valence-corrected chi connectivity index (χ3v) is 6.79. The Morgan fingerprint density at radius 1 is 0.943 bits per heavy atom. The lowest BCUT2D eigenvalue weighted by Gasteiger charge is -2.37. The molecule has 0 saturated heterocycles. The Bertz CT molecular complexity index is 1320. The van der Waals surface area contributed by atoms with E-state index in [1.54, 1.807) is 0 Å². The molecule has 0 saturated carbocycles. The van der Waals surface area contributed by atoms with Gasteiger partial charge < -0.3 is 0 Å². The van der Waals surface area contributed by atoms with E-state index in [2.05, 4.69) is 29.1 Å². The smallest absolute Gasteiger partial charge is 0.239 e. The Morgan fingerprint density at radius 2 is 1.57 bits per heavy atom. The molecule has 0 radical (unpaired) electrons. The molecular weight excluding hydrogens is 476 g/mol. The van der Waals surface area contributed by atoms with Crippen LogP contribution in [0.3, 0.4) is 0 Å². The van der Waals surface area contributed by atoms with Crippen LogP contribution in [-0.4, -0.2) is 15.9 Å². The van der Waals surface area contributed by atoms with E-state index in [0.29, 0.717) is 23.6 Å². The molecule has 0 N–H and O–H groups in total. The summed E-state index contributed by atoms with van der Waals surface area (Å²) in [4.78, 5) is 13.6. The Balaban J connectivity index is 1.67. The van der Waals surface area contributed by atoms with Gasteiger partial charge in [-0.2, -0.15) is 0 Å². The highest BCUT2D eigenvalue weighted by molar-refractivity contribution is 7.80. The summed E-state index contributed by atoms with van der Waals surface area (Å²) in [6, 6.07) is 26.7. The molecule has 0 bridgehead atoms. The Labute approximate surface area is 215 Å².